The van der Waals surface area contributed by atoms with E-state index in [4.69, 9.17) is 8.92 Å². The Morgan fingerprint density at radius 3 is 2.12 bits per heavy atom. The number of hydrogen-bond acceptors (Lipinski definition) is 5. The number of aromatic hydroxyl groups is 1. The van der Waals surface area contributed by atoms with Crippen molar-refractivity contribution in [1.82, 2.24) is 0 Å². The number of epoxide rings is 1. The molecule has 134 valence electrons. The van der Waals surface area contributed by atoms with Gasteiger partial charge < -0.3 is 14.0 Å². The number of hydrogen-bond donors (Lipinski definition) is 1. The zero-order chi connectivity index (χ0) is 18.1. The number of aryl methyl sites for hydroxylation is 1. The van der Waals surface area contributed by atoms with E-state index in [0.29, 0.717) is 25.2 Å². The highest BCUT2D eigenvalue weighted by atomic mass is 32.2. The van der Waals surface area contributed by atoms with Crippen LogP contribution < -0.4 is 0 Å². The van der Waals surface area contributed by atoms with Crippen LogP contribution in [0.5, 0.6) is 5.75 Å². The van der Waals surface area contributed by atoms with Crippen LogP contribution in [-0.2, 0) is 31.0 Å². The molecule has 1 aliphatic heterocycles. The lowest BCUT2D eigenvalue weighted by Gasteiger charge is -2.28. The molecule has 0 radical (unpaired) electrons. The largest absolute Gasteiger partial charge is 0.507 e. The summed E-state index contributed by atoms with van der Waals surface area (Å²) in [6.45, 7) is 13.1. The maximum Gasteiger partial charge on any atom is 0.318 e. The molecule has 1 fully saturated rings. The number of phenolic OH excluding ortho intramolecular Hbond substituents is 1. The molecule has 4 nitrogen and oxygen atoms in total. The maximum absolute atomic E-state index is 11.8. The zero-order valence-electron chi connectivity index (χ0n) is 15.4. The first-order chi connectivity index (χ1) is 11.0. The first kappa shape index (κ1) is 19.1. The second-order valence-electron chi connectivity index (χ2n) is 8.35. The Morgan fingerprint density at radius 2 is 1.71 bits per heavy atom. The normalized spacial score (nSPS) is 17.7. The van der Waals surface area contributed by atoms with E-state index in [0.717, 1.165) is 28.7 Å². The Morgan fingerprint density at radius 1 is 1.21 bits per heavy atom. The number of carbonyl (C=O) groups excluding carboxylic acids is 1. The van der Waals surface area contributed by atoms with Crippen molar-refractivity contribution in [1.29, 1.82) is 0 Å². The highest BCUT2D eigenvalue weighted by Crippen LogP contribution is 2.40. The number of carbonyl (C=O) groups is 1. The molecule has 5 heteroatoms. The fraction of sp³-hybridized carbons (Fsp3) is 0.632. The molecule has 1 atom stereocenters. The van der Waals surface area contributed by atoms with Crippen molar-refractivity contribution in [2.75, 3.05) is 6.61 Å². The van der Waals surface area contributed by atoms with Crippen LogP contribution in [0.4, 0.5) is 0 Å². The lowest BCUT2D eigenvalue weighted by Crippen LogP contribution is -2.18. The van der Waals surface area contributed by atoms with Gasteiger partial charge in [0.05, 0.1) is 25.1 Å². The predicted octanol–water partition coefficient (Wildman–Crippen LogP) is 4.47. The fourth-order valence-corrected chi connectivity index (χ4v) is 2.96. The monoisotopic (exact) mass is 352 g/mol. The van der Waals surface area contributed by atoms with Crippen molar-refractivity contribution in [2.24, 2.45) is 0 Å². The molecule has 2 rings (SSSR count). The van der Waals surface area contributed by atoms with E-state index in [1.807, 2.05) is 12.1 Å². The minimum absolute atomic E-state index is 0.0163. The standard InChI is InChI=1S/C19H28O4S/c1-18(2,3)13-9-12(10-14(17(13)21)19(4,5)6)7-8-15(20)23-24-16-11-22-16/h9-10,16,21H,7-8,11H2,1-6H3. The molecule has 0 bridgehead atoms. The molecule has 0 aliphatic carbocycles. The zero-order valence-corrected chi connectivity index (χ0v) is 16.3. The van der Waals surface area contributed by atoms with Crippen LogP contribution in [0.15, 0.2) is 12.1 Å². The average molecular weight is 352 g/mol. The van der Waals surface area contributed by atoms with E-state index in [2.05, 4.69) is 41.5 Å². The molecule has 0 amide bonds. The molecular weight excluding hydrogens is 324 g/mol. The summed E-state index contributed by atoms with van der Waals surface area (Å²) in [4.78, 5) is 11.8. The third kappa shape index (κ3) is 5.15. The Kier molecular flexibility index (Phi) is 5.55. The summed E-state index contributed by atoms with van der Waals surface area (Å²) < 4.78 is 10.1. The lowest BCUT2D eigenvalue weighted by molar-refractivity contribution is -0.133. The van der Waals surface area contributed by atoms with Gasteiger partial charge in [0.25, 0.3) is 0 Å². The van der Waals surface area contributed by atoms with Crippen LogP contribution >= 0.6 is 12.0 Å². The minimum atomic E-state index is -0.238. The van der Waals surface area contributed by atoms with E-state index in [1.165, 1.54) is 0 Å². The summed E-state index contributed by atoms with van der Waals surface area (Å²) in [6, 6.07) is 4.02. The van der Waals surface area contributed by atoms with Crippen molar-refractivity contribution in [2.45, 2.75) is 70.7 Å². The Labute approximate surface area is 149 Å². The minimum Gasteiger partial charge on any atom is -0.507 e. The summed E-state index contributed by atoms with van der Waals surface area (Å²) in [5, 5.41) is 10.7. The van der Waals surface area contributed by atoms with Crippen LogP contribution in [0.1, 0.15) is 64.7 Å². The van der Waals surface area contributed by atoms with Crippen molar-refractivity contribution in [3.05, 3.63) is 28.8 Å². The van der Waals surface area contributed by atoms with Gasteiger partial charge in [0, 0.05) is 0 Å². The molecule has 0 aromatic heterocycles. The summed E-state index contributed by atoms with van der Waals surface area (Å²) in [7, 11) is 0. The lowest BCUT2D eigenvalue weighted by atomic mass is 9.78. The van der Waals surface area contributed by atoms with Crippen LogP contribution in [0.2, 0.25) is 0 Å². The van der Waals surface area contributed by atoms with Gasteiger partial charge in [-0.2, -0.15) is 0 Å². The van der Waals surface area contributed by atoms with Gasteiger partial charge in [0.15, 0.2) is 5.44 Å². The third-order valence-corrected chi connectivity index (χ3v) is 4.72. The van der Waals surface area contributed by atoms with Crippen LogP contribution in [0, 0.1) is 0 Å². The number of rotatable bonds is 5. The Balaban J connectivity index is 2.17. The van der Waals surface area contributed by atoms with Crippen LogP contribution in [-0.4, -0.2) is 23.1 Å². The molecule has 0 saturated carbocycles. The third-order valence-electron chi connectivity index (χ3n) is 3.95. The molecule has 1 aliphatic rings. The topological polar surface area (TPSA) is 59.1 Å². The molecule has 1 aromatic carbocycles. The van der Waals surface area contributed by atoms with E-state index < -0.39 is 0 Å². The molecule has 1 N–H and O–H groups in total. The van der Waals surface area contributed by atoms with Crippen LogP contribution in [0.25, 0.3) is 0 Å². The molecule has 1 heterocycles. The molecule has 1 unspecified atom stereocenters. The van der Waals surface area contributed by atoms with Gasteiger partial charge in [-0.05, 0) is 33.9 Å². The summed E-state index contributed by atoms with van der Waals surface area (Å²) in [6.07, 6.45) is 0.912. The Hall–Kier alpha value is -1.20. The Bertz CT molecular complexity index is 572. The van der Waals surface area contributed by atoms with E-state index >= 15 is 0 Å². The van der Waals surface area contributed by atoms with Crippen molar-refractivity contribution >= 4 is 18.0 Å². The smallest absolute Gasteiger partial charge is 0.318 e. The number of benzene rings is 1. The van der Waals surface area contributed by atoms with Gasteiger partial charge in [-0.1, -0.05) is 53.7 Å². The van der Waals surface area contributed by atoms with Crippen molar-refractivity contribution in [3.63, 3.8) is 0 Å². The van der Waals surface area contributed by atoms with Gasteiger partial charge >= 0.3 is 5.97 Å². The van der Waals surface area contributed by atoms with E-state index in [9.17, 15) is 9.90 Å². The maximum atomic E-state index is 11.8. The predicted molar refractivity (Wildman–Crippen MR) is 97.3 cm³/mol. The second kappa shape index (κ2) is 6.96. The molecule has 0 spiro atoms. The fourth-order valence-electron chi connectivity index (χ4n) is 2.47. The van der Waals surface area contributed by atoms with Gasteiger partial charge in [0.2, 0.25) is 0 Å². The number of ether oxygens (including phenoxy) is 1. The van der Waals surface area contributed by atoms with Gasteiger partial charge in [-0.25, -0.2) is 0 Å². The highest BCUT2D eigenvalue weighted by molar-refractivity contribution is 7.95. The van der Waals surface area contributed by atoms with Crippen molar-refractivity contribution < 1.29 is 18.8 Å². The quantitative estimate of drug-likeness (QED) is 0.626. The molecular formula is C19H28O4S. The molecule has 1 aromatic rings. The average Bonchev–Trinajstić information content (AvgIpc) is 3.25. The summed E-state index contributed by atoms with van der Waals surface area (Å²) in [5.74, 6) is 0.126. The second-order valence-corrected chi connectivity index (χ2v) is 9.24. The van der Waals surface area contributed by atoms with E-state index in [-0.39, 0.29) is 22.2 Å². The highest BCUT2D eigenvalue weighted by Gasteiger charge is 2.28. The van der Waals surface area contributed by atoms with E-state index in [1.54, 1.807) is 0 Å². The van der Waals surface area contributed by atoms with Gasteiger partial charge in [-0.3, -0.25) is 4.79 Å². The molecule has 24 heavy (non-hydrogen) atoms. The van der Waals surface area contributed by atoms with Crippen LogP contribution in [0.3, 0.4) is 0 Å². The molecule has 1 saturated heterocycles. The van der Waals surface area contributed by atoms with Crippen molar-refractivity contribution in [3.8, 4) is 5.75 Å². The number of phenols is 1. The first-order valence-corrected chi connectivity index (χ1v) is 9.13. The van der Waals surface area contributed by atoms with Gasteiger partial charge in [0.1, 0.15) is 5.75 Å². The summed E-state index contributed by atoms with van der Waals surface area (Å²) in [5.41, 5.74) is 2.56. The van der Waals surface area contributed by atoms with Gasteiger partial charge in [-0.15, -0.1) is 0 Å². The SMILES string of the molecule is CC(C)(C)c1cc(CCC(=O)OSC2CO2)cc(C(C)(C)C)c1O. The summed E-state index contributed by atoms with van der Waals surface area (Å²) >= 11 is 1.09. The first-order valence-electron chi connectivity index (χ1n) is 8.33.